The molecule has 1 aromatic rings. The standard InChI is InChI=1S/C19H29BFNO2/c1-18(2)19(3,4)24-20(23-18)16-11-10-14(12-17(16)21)13-22-15-8-6-5-7-9-15/h10-12,15,22H,5-9,13H2,1-4H3. The van der Waals surface area contributed by atoms with Crippen molar-refractivity contribution in [2.75, 3.05) is 0 Å². The Morgan fingerprint density at radius 2 is 1.71 bits per heavy atom. The fourth-order valence-corrected chi connectivity index (χ4v) is 3.41. The van der Waals surface area contributed by atoms with Crippen LogP contribution in [0.4, 0.5) is 4.39 Å². The van der Waals surface area contributed by atoms with E-state index in [1.54, 1.807) is 12.1 Å². The van der Waals surface area contributed by atoms with Gasteiger partial charge in [-0.1, -0.05) is 31.4 Å². The van der Waals surface area contributed by atoms with Gasteiger partial charge in [-0.05, 0) is 52.2 Å². The van der Waals surface area contributed by atoms with Gasteiger partial charge in [0, 0.05) is 18.0 Å². The molecule has 1 aromatic carbocycles. The number of rotatable bonds is 4. The lowest BCUT2D eigenvalue weighted by atomic mass is 9.78. The highest BCUT2D eigenvalue weighted by molar-refractivity contribution is 6.62. The lowest BCUT2D eigenvalue weighted by Gasteiger charge is -2.32. The smallest absolute Gasteiger partial charge is 0.399 e. The summed E-state index contributed by atoms with van der Waals surface area (Å²) in [6.07, 6.45) is 6.40. The number of hydrogen-bond donors (Lipinski definition) is 1. The van der Waals surface area contributed by atoms with Gasteiger partial charge in [-0.2, -0.15) is 0 Å². The molecule has 2 aliphatic rings. The highest BCUT2D eigenvalue weighted by atomic mass is 19.1. The van der Waals surface area contributed by atoms with Gasteiger partial charge in [-0.15, -0.1) is 0 Å². The molecule has 1 aliphatic heterocycles. The van der Waals surface area contributed by atoms with Gasteiger partial charge in [0.2, 0.25) is 0 Å². The zero-order chi connectivity index (χ0) is 17.4. The minimum Gasteiger partial charge on any atom is -0.399 e. The van der Waals surface area contributed by atoms with Gasteiger partial charge in [0.15, 0.2) is 0 Å². The lowest BCUT2D eigenvalue weighted by Crippen LogP contribution is -2.41. The molecule has 0 amide bonds. The van der Waals surface area contributed by atoms with Crippen molar-refractivity contribution in [3.8, 4) is 0 Å². The van der Waals surface area contributed by atoms with Crippen LogP contribution in [-0.4, -0.2) is 24.4 Å². The van der Waals surface area contributed by atoms with Crippen molar-refractivity contribution < 1.29 is 13.7 Å². The molecule has 2 fully saturated rings. The van der Waals surface area contributed by atoms with Crippen molar-refractivity contribution in [1.29, 1.82) is 0 Å². The Bertz CT molecular complexity index is 569. The van der Waals surface area contributed by atoms with E-state index in [1.807, 2.05) is 33.8 Å². The monoisotopic (exact) mass is 333 g/mol. The zero-order valence-corrected chi connectivity index (χ0v) is 15.3. The molecule has 1 saturated heterocycles. The maximum absolute atomic E-state index is 14.6. The van der Waals surface area contributed by atoms with Crippen LogP contribution in [0.1, 0.15) is 65.4 Å². The third kappa shape index (κ3) is 3.68. The first-order chi connectivity index (χ1) is 11.3. The summed E-state index contributed by atoms with van der Waals surface area (Å²) in [5.74, 6) is -0.253. The Labute approximate surface area is 145 Å². The van der Waals surface area contributed by atoms with E-state index in [2.05, 4.69) is 5.32 Å². The second-order valence-electron chi connectivity index (χ2n) is 8.16. The van der Waals surface area contributed by atoms with Crippen molar-refractivity contribution >= 4 is 12.6 Å². The molecule has 24 heavy (non-hydrogen) atoms. The Balaban J connectivity index is 1.65. The molecule has 3 rings (SSSR count). The predicted molar refractivity (Wildman–Crippen MR) is 95.8 cm³/mol. The van der Waals surface area contributed by atoms with Crippen LogP contribution in [0.3, 0.4) is 0 Å². The second kappa shape index (κ2) is 6.78. The minimum atomic E-state index is -0.643. The first kappa shape index (κ1) is 17.9. The Hall–Kier alpha value is -0.905. The summed E-state index contributed by atoms with van der Waals surface area (Å²) < 4.78 is 26.5. The first-order valence-electron chi connectivity index (χ1n) is 9.16. The first-order valence-corrected chi connectivity index (χ1v) is 9.16. The number of nitrogens with one attached hydrogen (secondary N) is 1. The third-order valence-corrected chi connectivity index (χ3v) is 5.77. The van der Waals surface area contributed by atoms with E-state index in [4.69, 9.17) is 9.31 Å². The zero-order valence-electron chi connectivity index (χ0n) is 15.3. The maximum Gasteiger partial charge on any atom is 0.497 e. The van der Waals surface area contributed by atoms with E-state index in [9.17, 15) is 4.39 Å². The molecule has 1 aliphatic carbocycles. The second-order valence-corrected chi connectivity index (χ2v) is 8.16. The molecule has 1 saturated carbocycles. The Morgan fingerprint density at radius 3 is 2.29 bits per heavy atom. The van der Waals surface area contributed by atoms with Crippen LogP contribution in [0.25, 0.3) is 0 Å². The van der Waals surface area contributed by atoms with E-state index < -0.39 is 18.3 Å². The predicted octanol–water partition coefficient (Wildman–Crippen LogP) is 3.55. The molecule has 0 bridgehead atoms. The molecule has 0 atom stereocenters. The lowest BCUT2D eigenvalue weighted by molar-refractivity contribution is 0.00578. The molecular weight excluding hydrogens is 304 g/mol. The summed E-state index contributed by atoms with van der Waals surface area (Å²) in [4.78, 5) is 0. The highest BCUT2D eigenvalue weighted by Gasteiger charge is 2.52. The summed E-state index contributed by atoms with van der Waals surface area (Å²) in [5.41, 5.74) is 0.546. The van der Waals surface area contributed by atoms with Crippen LogP contribution in [-0.2, 0) is 15.9 Å². The summed E-state index contributed by atoms with van der Waals surface area (Å²) in [6, 6.07) is 5.95. The van der Waals surface area contributed by atoms with Gasteiger partial charge in [-0.3, -0.25) is 0 Å². The maximum atomic E-state index is 14.6. The van der Waals surface area contributed by atoms with Crippen LogP contribution >= 0.6 is 0 Å². The molecule has 0 spiro atoms. The van der Waals surface area contributed by atoms with E-state index in [0.29, 0.717) is 18.0 Å². The van der Waals surface area contributed by atoms with E-state index in [1.165, 1.54) is 32.1 Å². The van der Waals surface area contributed by atoms with Crippen molar-refractivity contribution in [2.24, 2.45) is 0 Å². The third-order valence-electron chi connectivity index (χ3n) is 5.77. The molecule has 3 nitrogen and oxygen atoms in total. The van der Waals surface area contributed by atoms with Crippen molar-refractivity contribution in [1.82, 2.24) is 5.32 Å². The summed E-state index contributed by atoms with van der Waals surface area (Å²) in [7, 11) is -0.643. The molecule has 1 N–H and O–H groups in total. The molecule has 0 radical (unpaired) electrons. The number of benzene rings is 1. The van der Waals surface area contributed by atoms with Crippen molar-refractivity contribution in [3.63, 3.8) is 0 Å². The van der Waals surface area contributed by atoms with Crippen molar-refractivity contribution in [3.05, 3.63) is 29.6 Å². The van der Waals surface area contributed by atoms with Gasteiger partial charge in [0.25, 0.3) is 0 Å². The Kier molecular flexibility index (Phi) is 5.05. The normalized spacial score (nSPS) is 23.6. The van der Waals surface area contributed by atoms with Crippen molar-refractivity contribution in [2.45, 2.75) is 83.6 Å². The molecule has 132 valence electrons. The van der Waals surface area contributed by atoms with E-state index in [-0.39, 0.29) is 5.82 Å². The molecule has 0 unspecified atom stereocenters. The minimum absolute atomic E-state index is 0.253. The SMILES string of the molecule is CC1(C)OB(c2ccc(CNC3CCCCC3)cc2F)OC1(C)C. The van der Waals surface area contributed by atoms with Crippen LogP contribution in [0, 0.1) is 5.82 Å². The molecule has 5 heteroatoms. The van der Waals surface area contributed by atoms with Gasteiger partial charge < -0.3 is 14.6 Å². The van der Waals surface area contributed by atoms with Gasteiger partial charge >= 0.3 is 7.12 Å². The topological polar surface area (TPSA) is 30.5 Å². The van der Waals surface area contributed by atoms with Crippen LogP contribution < -0.4 is 10.8 Å². The summed E-state index contributed by atoms with van der Waals surface area (Å²) in [5, 5.41) is 3.55. The molecular formula is C19H29BFNO2. The summed E-state index contributed by atoms with van der Waals surface area (Å²) in [6.45, 7) is 8.63. The summed E-state index contributed by atoms with van der Waals surface area (Å²) >= 11 is 0. The van der Waals surface area contributed by atoms with Gasteiger partial charge in [0.1, 0.15) is 5.82 Å². The van der Waals surface area contributed by atoms with Crippen LogP contribution in [0.5, 0.6) is 0 Å². The average Bonchev–Trinajstić information content (AvgIpc) is 2.74. The van der Waals surface area contributed by atoms with E-state index in [0.717, 1.165) is 5.56 Å². The fraction of sp³-hybridized carbons (Fsp3) is 0.684. The molecule has 0 aromatic heterocycles. The van der Waals surface area contributed by atoms with Gasteiger partial charge in [-0.25, -0.2) is 4.39 Å². The largest absolute Gasteiger partial charge is 0.497 e. The van der Waals surface area contributed by atoms with Crippen LogP contribution in [0.2, 0.25) is 0 Å². The van der Waals surface area contributed by atoms with Crippen LogP contribution in [0.15, 0.2) is 18.2 Å². The molecule has 1 heterocycles. The Morgan fingerprint density at radius 1 is 1.08 bits per heavy atom. The number of hydrogen-bond acceptors (Lipinski definition) is 3. The fourth-order valence-electron chi connectivity index (χ4n) is 3.41. The average molecular weight is 333 g/mol. The number of halogens is 1. The quantitative estimate of drug-likeness (QED) is 0.855. The van der Waals surface area contributed by atoms with E-state index >= 15 is 0 Å². The van der Waals surface area contributed by atoms with Gasteiger partial charge in [0.05, 0.1) is 11.2 Å². The highest BCUT2D eigenvalue weighted by Crippen LogP contribution is 2.36.